The molecule has 0 bridgehead atoms. The molecule has 5 heteroatoms. The summed E-state index contributed by atoms with van der Waals surface area (Å²) in [6.07, 6.45) is 3.17. The lowest BCUT2D eigenvalue weighted by Crippen LogP contribution is -2.47. The predicted octanol–water partition coefficient (Wildman–Crippen LogP) is 1.99. The van der Waals surface area contributed by atoms with E-state index in [1.54, 1.807) is 0 Å². The number of aliphatic hydroxyl groups excluding tert-OH is 1. The normalized spacial score (nSPS) is 16.9. The molecule has 0 fully saturated rings. The van der Waals surface area contributed by atoms with Crippen LogP contribution in [-0.4, -0.2) is 101 Å². The Morgan fingerprint density at radius 3 is 1.88 bits per heavy atom. The molecule has 146 valence electrons. The third-order valence-electron chi connectivity index (χ3n) is 3.97. The summed E-state index contributed by atoms with van der Waals surface area (Å²) >= 11 is 0. The second-order valence-electron chi connectivity index (χ2n) is 9.16. The molecule has 0 aliphatic rings. The Hall–Kier alpha value is -0.200. The average Bonchev–Trinajstić information content (AvgIpc) is 2.40. The van der Waals surface area contributed by atoms with Crippen LogP contribution in [0, 0.1) is 5.92 Å². The van der Waals surface area contributed by atoms with Gasteiger partial charge in [0.25, 0.3) is 0 Å². The standard InChI is InChI=1S/C19H44N2O3/c1-9-11-17(10-2)14-23-16-19(13-21(6,7)8)24-15-18(22)12-20(3,4)5/h17-19,22H,9-16H2,1-8H3/q+2. The first-order chi connectivity index (χ1) is 11.0. The van der Waals surface area contributed by atoms with Crippen molar-refractivity contribution in [2.24, 2.45) is 5.92 Å². The Morgan fingerprint density at radius 1 is 0.833 bits per heavy atom. The fourth-order valence-corrected chi connectivity index (χ4v) is 2.88. The van der Waals surface area contributed by atoms with E-state index < -0.39 is 6.10 Å². The highest BCUT2D eigenvalue weighted by atomic mass is 16.5. The van der Waals surface area contributed by atoms with Crippen LogP contribution in [0.25, 0.3) is 0 Å². The number of aliphatic hydroxyl groups is 1. The largest absolute Gasteiger partial charge is 0.385 e. The predicted molar refractivity (Wildman–Crippen MR) is 101 cm³/mol. The molecule has 3 atom stereocenters. The molecular weight excluding hydrogens is 304 g/mol. The van der Waals surface area contributed by atoms with Gasteiger partial charge in [0, 0.05) is 6.61 Å². The van der Waals surface area contributed by atoms with Crippen LogP contribution in [0.1, 0.15) is 33.1 Å². The second kappa shape index (κ2) is 11.4. The summed E-state index contributed by atoms with van der Waals surface area (Å²) in [6, 6.07) is 0. The van der Waals surface area contributed by atoms with Crippen molar-refractivity contribution < 1.29 is 23.5 Å². The van der Waals surface area contributed by atoms with Gasteiger partial charge in [-0.3, -0.25) is 0 Å². The molecule has 0 aliphatic heterocycles. The molecular formula is C19H44N2O3+2. The highest BCUT2D eigenvalue weighted by Gasteiger charge is 2.23. The summed E-state index contributed by atoms with van der Waals surface area (Å²) in [7, 11) is 12.7. The van der Waals surface area contributed by atoms with E-state index in [0.717, 1.165) is 28.5 Å². The van der Waals surface area contributed by atoms with Crippen molar-refractivity contribution in [2.75, 3.05) is 75.2 Å². The molecule has 1 N–H and O–H groups in total. The van der Waals surface area contributed by atoms with Gasteiger partial charge in [-0.15, -0.1) is 0 Å². The van der Waals surface area contributed by atoms with E-state index in [9.17, 15) is 5.11 Å². The highest BCUT2D eigenvalue weighted by molar-refractivity contribution is 4.61. The highest BCUT2D eigenvalue weighted by Crippen LogP contribution is 2.12. The zero-order chi connectivity index (χ0) is 18.8. The van der Waals surface area contributed by atoms with Gasteiger partial charge in [-0.2, -0.15) is 0 Å². The van der Waals surface area contributed by atoms with Crippen LogP contribution in [0.15, 0.2) is 0 Å². The average molecular weight is 349 g/mol. The second-order valence-corrected chi connectivity index (χ2v) is 9.16. The summed E-state index contributed by atoms with van der Waals surface area (Å²) in [5.74, 6) is 0.642. The van der Waals surface area contributed by atoms with Gasteiger partial charge in [0.1, 0.15) is 25.3 Å². The fraction of sp³-hybridized carbons (Fsp3) is 1.00. The minimum absolute atomic E-state index is 0.0197. The molecule has 5 nitrogen and oxygen atoms in total. The van der Waals surface area contributed by atoms with Gasteiger partial charge in [-0.25, -0.2) is 0 Å². The van der Waals surface area contributed by atoms with Crippen molar-refractivity contribution in [3.05, 3.63) is 0 Å². The first-order valence-electron chi connectivity index (χ1n) is 9.45. The molecule has 0 saturated heterocycles. The molecule has 0 aliphatic carbocycles. The smallest absolute Gasteiger partial charge is 0.130 e. The Bertz CT molecular complexity index is 311. The molecule has 0 amide bonds. The number of nitrogens with zero attached hydrogens (tertiary/aromatic N) is 2. The zero-order valence-corrected chi connectivity index (χ0v) is 17.5. The number of rotatable bonds is 14. The number of ether oxygens (including phenoxy) is 2. The van der Waals surface area contributed by atoms with Crippen molar-refractivity contribution in [1.29, 1.82) is 0 Å². The lowest BCUT2D eigenvalue weighted by Gasteiger charge is -2.31. The van der Waals surface area contributed by atoms with Crippen LogP contribution in [0.4, 0.5) is 0 Å². The van der Waals surface area contributed by atoms with E-state index in [0.29, 0.717) is 25.7 Å². The third kappa shape index (κ3) is 14.2. The number of likely N-dealkylation sites (N-methyl/N-ethyl adjacent to an activating group) is 2. The van der Waals surface area contributed by atoms with Crippen molar-refractivity contribution >= 4 is 0 Å². The molecule has 0 aromatic heterocycles. The SMILES string of the molecule is CCCC(CC)COCC(C[N+](C)(C)C)OCC(O)C[N+](C)(C)C. The maximum Gasteiger partial charge on any atom is 0.130 e. The number of quaternary nitrogens is 2. The lowest BCUT2D eigenvalue weighted by atomic mass is 10.0. The minimum atomic E-state index is -0.441. The quantitative estimate of drug-likeness (QED) is 0.488. The topological polar surface area (TPSA) is 38.7 Å². The van der Waals surface area contributed by atoms with Gasteiger partial charge in [-0.1, -0.05) is 26.7 Å². The lowest BCUT2D eigenvalue weighted by molar-refractivity contribution is -0.875. The Balaban J connectivity index is 4.37. The molecule has 0 rings (SSSR count). The van der Waals surface area contributed by atoms with Crippen LogP contribution in [0.3, 0.4) is 0 Å². The summed E-state index contributed by atoms with van der Waals surface area (Å²) < 4.78 is 13.5. The maximum atomic E-state index is 10.2. The van der Waals surface area contributed by atoms with Crippen molar-refractivity contribution in [3.63, 3.8) is 0 Å². The molecule has 0 aromatic rings. The first-order valence-corrected chi connectivity index (χ1v) is 9.45. The molecule has 0 saturated carbocycles. The summed E-state index contributed by atoms with van der Waals surface area (Å²) in [5, 5.41) is 10.2. The van der Waals surface area contributed by atoms with Crippen LogP contribution < -0.4 is 0 Å². The van der Waals surface area contributed by atoms with Gasteiger partial charge in [-0.05, 0) is 12.3 Å². The van der Waals surface area contributed by atoms with Crippen LogP contribution in [-0.2, 0) is 9.47 Å². The van der Waals surface area contributed by atoms with E-state index in [-0.39, 0.29) is 6.10 Å². The van der Waals surface area contributed by atoms with Gasteiger partial charge in [0.2, 0.25) is 0 Å². The number of hydrogen-bond donors (Lipinski definition) is 1. The van der Waals surface area contributed by atoms with Crippen LogP contribution >= 0.6 is 0 Å². The van der Waals surface area contributed by atoms with E-state index in [2.05, 4.69) is 56.1 Å². The van der Waals surface area contributed by atoms with E-state index in [4.69, 9.17) is 9.47 Å². The minimum Gasteiger partial charge on any atom is -0.385 e. The van der Waals surface area contributed by atoms with Crippen LogP contribution in [0.5, 0.6) is 0 Å². The van der Waals surface area contributed by atoms with E-state index >= 15 is 0 Å². The Kier molecular flexibility index (Phi) is 11.3. The monoisotopic (exact) mass is 348 g/mol. The van der Waals surface area contributed by atoms with Gasteiger partial charge < -0.3 is 23.5 Å². The molecule has 0 radical (unpaired) electrons. The molecule has 0 spiro atoms. The van der Waals surface area contributed by atoms with E-state index in [1.165, 1.54) is 12.8 Å². The molecule has 0 heterocycles. The van der Waals surface area contributed by atoms with Gasteiger partial charge in [0.15, 0.2) is 0 Å². The summed E-state index contributed by atoms with van der Waals surface area (Å²) in [6.45, 7) is 7.80. The Morgan fingerprint density at radius 2 is 1.42 bits per heavy atom. The van der Waals surface area contributed by atoms with E-state index in [1.807, 2.05) is 0 Å². The first kappa shape index (κ1) is 23.8. The van der Waals surface area contributed by atoms with Crippen LogP contribution in [0.2, 0.25) is 0 Å². The number of hydrogen-bond acceptors (Lipinski definition) is 3. The zero-order valence-electron chi connectivity index (χ0n) is 17.5. The maximum absolute atomic E-state index is 10.2. The summed E-state index contributed by atoms with van der Waals surface area (Å²) in [5.41, 5.74) is 0. The van der Waals surface area contributed by atoms with Crippen molar-refractivity contribution in [3.8, 4) is 0 Å². The fourth-order valence-electron chi connectivity index (χ4n) is 2.88. The third-order valence-corrected chi connectivity index (χ3v) is 3.97. The summed E-state index contributed by atoms with van der Waals surface area (Å²) in [4.78, 5) is 0. The van der Waals surface area contributed by atoms with Gasteiger partial charge in [0.05, 0.1) is 55.5 Å². The molecule has 3 unspecified atom stereocenters. The van der Waals surface area contributed by atoms with Crippen molar-refractivity contribution in [1.82, 2.24) is 0 Å². The Labute approximate surface area is 150 Å². The molecule has 24 heavy (non-hydrogen) atoms. The van der Waals surface area contributed by atoms with Gasteiger partial charge >= 0.3 is 0 Å². The molecule has 0 aromatic carbocycles. The van der Waals surface area contributed by atoms with Crippen molar-refractivity contribution in [2.45, 2.75) is 45.3 Å².